The molecule has 1 heterocycles. The van der Waals surface area contributed by atoms with Gasteiger partial charge in [-0.25, -0.2) is 9.07 Å². The lowest BCUT2D eigenvalue weighted by atomic mass is 10.1. The van der Waals surface area contributed by atoms with Crippen molar-refractivity contribution in [2.24, 2.45) is 5.92 Å². The number of hydrogen-bond donors (Lipinski definition) is 2. The second kappa shape index (κ2) is 6.37. The van der Waals surface area contributed by atoms with E-state index in [1.807, 2.05) is 12.4 Å². The molecule has 0 saturated heterocycles. The Morgan fingerprint density at radius 3 is 2.76 bits per heavy atom. The van der Waals surface area contributed by atoms with Gasteiger partial charge in [-0.3, -0.25) is 0 Å². The molecule has 1 unspecified atom stereocenters. The Bertz CT molecular complexity index is 577. The minimum Gasteiger partial charge on any atom is -0.396 e. The zero-order valence-electron chi connectivity index (χ0n) is 11.9. The first kappa shape index (κ1) is 14.2. The highest BCUT2D eigenvalue weighted by Gasteiger charge is 2.30. The molecule has 1 aromatic heterocycles. The quantitative estimate of drug-likeness (QED) is 0.822. The number of rotatable bonds is 7. The minimum atomic E-state index is -0.246. The molecule has 0 aliphatic heterocycles. The Morgan fingerprint density at radius 1 is 1.33 bits per heavy atom. The molecule has 1 aromatic carbocycles. The summed E-state index contributed by atoms with van der Waals surface area (Å²) in [7, 11) is 0. The molecule has 2 aromatic rings. The average molecular weight is 289 g/mol. The smallest absolute Gasteiger partial charge is 0.123 e. The fourth-order valence-corrected chi connectivity index (χ4v) is 2.58. The molecule has 5 heteroatoms. The van der Waals surface area contributed by atoms with Crippen molar-refractivity contribution in [3.8, 4) is 5.69 Å². The molecule has 1 fully saturated rings. The van der Waals surface area contributed by atoms with Crippen LogP contribution in [0.2, 0.25) is 0 Å². The fourth-order valence-electron chi connectivity index (χ4n) is 2.58. The van der Waals surface area contributed by atoms with E-state index in [-0.39, 0.29) is 12.4 Å². The first-order chi connectivity index (χ1) is 10.3. The Morgan fingerprint density at radius 2 is 2.10 bits per heavy atom. The van der Waals surface area contributed by atoms with Gasteiger partial charge in [0.25, 0.3) is 0 Å². The number of nitrogens with one attached hydrogen (secondary N) is 1. The summed E-state index contributed by atoms with van der Waals surface area (Å²) in [5.41, 5.74) is 1.93. The van der Waals surface area contributed by atoms with Crippen LogP contribution in [0.15, 0.2) is 36.7 Å². The highest BCUT2D eigenvalue weighted by molar-refractivity contribution is 5.31. The molecular weight excluding hydrogens is 269 g/mol. The minimum absolute atomic E-state index is 0.225. The monoisotopic (exact) mass is 289 g/mol. The third-order valence-corrected chi connectivity index (χ3v) is 3.93. The maximum absolute atomic E-state index is 12.9. The first-order valence-corrected chi connectivity index (χ1v) is 7.40. The van der Waals surface area contributed by atoms with Gasteiger partial charge >= 0.3 is 0 Å². The Balaban J connectivity index is 1.60. The number of halogens is 1. The highest BCUT2D eigenvalue weighted by Crippen LogP contribution is 2.34. The predicted octanol–water partition coefficient (Wildman–Crippen LogP) is 2.26. The highest BCUT2D eigenvalue weighted by atomic mass is 19.1. The average Bonchev–Trinajstić information content (AvgIpc) is 3.23. The van der Waals surface area contributed by atoms with Gasteiger partial charge in [0.05, 0.1) is 11.9 Å². The molecule has 1 saturated carbocycles. The molecule has 1 atom stereocenters. The lowest BCUT2D eigenvalue weighted by molar-refractivity contribution is 0.256. The molecule has 3 rings (SSSR count). The summed E-state index contributed by atoms with van der Waals surface area (Å²) in [5, 5.41) is 16.9. The van der Waals surface area contributed by atoms with Gasteiger partial charge < -0.3 is 10.4 Å². The number of benzene rings is 1. The molecule has 21 heavy (non-hydrogen) atoms. The lowest BCUT2D eigenvalue weighted by Crippen LogP contribution is -2.31. The molecule has 0 radical (unpaired) electrons. The standard InChI is InChI=1S/C16H20FN3O/c17-14-3-5-15(6-4-14)20-11-12(10-19-20)9-18-16(7-8-21)13-1-2-13/h3-6,10-11,13,16,18,21H,1-2,7-9H2. The van der Waals surface area contributed by atoms with E-state index in [4.69, 9.17) is 5.11 Å². The van der Waals surface area contributed by atoms with Crippen LogP contribution in [0.3, 0.4) is 0 Å². The fraction of sp³-hybridized carbons (Fsp3) is 0.438. The zero-order chi connectivity index (χ0) is 14.7. The van der Waals surface area contributed by atoms with Gasteiger partial charge in [0.15, 0.2) is 0 Å². The second-order valence-electron chi connectivity index (χ2n) is 5.61. The van der Waals surface area contributed by atoms with Crippen molar-refractivity contribution in [1.29, 1.82) is 0 Å². The third-order valence-electron chi connectivity index (χ3n) is 3.93. The Hall–Kier alpha value is -1.72. The van der Waals surface area contributed by atoms with Gasteiger partial charge in [0, 0.05) is 31.0 Å². The van der Waals surface area contributed by atoms with E-state index in [0.29, 0.717) is 12.0 Å². The van der Waals surface area contributed by atoms with Crippen molar-refractivity contribution in [1.82, 2.24) is 15.1 Å². The molecular formula is C16H20FN3O. The van der Waals surface area contributed by atoms with Crippen LogP contribution < -0.4 is 5.32 Å². The number of aliphatic hydroxyl groups is 1. The predicted molar refractivity (Wildman–Crippen MR) is 78.6 cm³/mol. The van der Waals surface area contributed by atoms with Crippen LogP contribution in [0.25, 0.3) is 5.69 Å². The SMILES string of the molecule is OCCC(NCc1cnn(-c2ccc(F)cc2)c1)C1CC1. The van der Waals surface area contributed by atoms with Crippen LogP contribution in [0.4, 0.5) is 4.39 Å². The summed E-state index contributed by atoms with van der Waals surface area (Å²) in [4.78, 5) is 0. The molecule has 4 nitrogen and oxygen atoms in total. The molecule has 2 N–H and O–H groups in total. The molecule has 112 valence electrons. The summed E-state index contributed by atoms with van der Waals surface area (Å²) in [6.07, 6.45) is 7.08. The van der Waals surface area contributed by atoms with Crippen LogP contribution >= 0.6 is 0 Å². The van der Waals surface area contributed by atoms with E-state index in [2.05, 4.69) is 10.4 Å². The van der Waals surface area contributed by atoms with Crippen LogP contribution in [-0.4, -0.2) is 27.5 Å². The van der Waals surface area contributed by atoms with Crippen molar-refractivity contribution >= 4 is 0 Å². The zero-order valence-corrected chi connectivity index (χ0v) is 11.9. The van der Waals surface area contributed by atoms with Crippen LogP contribution in [0.5, 0.6) is 0 Å². The van der Waals surface area contributed by atoms with Crippen LogP contribution in [-0.2, 0) is 6.54 Å². The van der Waals surface area contributed by atoms with Gasteiger partial charge in [0.2, 0.25) is 0 Å². The molecule has 1 aliphatic rings. The van der Waals surface area contributed by atoms with E-state index < -0.39 is 0 Å². The van der Waals surface area contributed by atoms with E-state index in [1.54, 1.807) is 16.8 Å². The molecule has 1 aliphatic carbocycles. The maximum atomic E-state index is 12.9. The van der Waals surface area contributed by atoms with E-state index in [9.17, 15) is 4.39 Å². The van der Waals surface area contributed by atoms with Gasteiger partial charge in [-0.1, -0.05) is 0 Å². The summed E-state index contributed by atoms with van der Waals surface area (Å²) in [6.45, 7) is 0.964. The van der Waals surface area contributed by atoms with E-state index in [0.717, 1.165) is 24.2 Å². The van der Waals surface area contributed by atoms with Crippen molar-refractivity contribution in [3.05, 3.63) is 48.0 Å². The third kappa shape index (κ3) is 3.68. The van der Waals surface area contributed by atoms with E-state index in [1.165, 1.54) is 25.0 Å². The summed E-state index contributed by atoms with van der Waals surface area (Å²) in [6, 6.07) is 6.67. The molecule has 0 spiro atoms. The summed E-state index contributed by atoms with van der Waals surface area (Å²) in [5.74, 6) is 0.466. The summed E-state index contributed by atoms with van der Waals surface area (Å²) >= 11 is 0. The van der Waals surface area contributed by atoms with Crippen molar-refractivity contribution < 1.29 is 9.50 Å². The van der Waals surface area contributed by atoms with Crippen LogP contribution in [0.1, 0.15) is 24.8 Å². The van der Waals surface area contributed by atoms with Gasteiger partial charge in [-0.05, 0) is 49.4 Å². The van der Waals surface area contributed by atoms with Crippen LogP contribution in [0, 0.1) is 11.7 Å². The number of nitrogens with zero attached hydrogens (tertiary/aromatic N) is 2. The molecule has 0 bridgehead atoms. The number of aliphatic hydroxyl groups excluding tert-OH is 1. The van der Waals surface area contributed by atoms with Gasteiger partial charge in [-0.2, -0.15) is 5.10 Å². The Kier molecular flexibility index (Phi) is 4.31. The molecule has 0 amide bonds. The normalized spacial score (nSPS) is 16.1. The summed E-state index contributed by atoms with van der Waals surface area (Å²) < 4.78 is 14.7. The van der Waals surface area contributed by atoms with E-state index >= 15 is 0 Å². The van der Waals surface area contributed by atoms with Crippen molar-refractivity contribution in [2.75, 3.05) is 6.61 Å². The second-order valence-corrected chi connectivity index (χ2v) is 5.61. The topological polar surface area (TPSA) is 50.1 Å². The number of aromatic nitrogens is 2. The van der Waals surface area contributed by atoms with Crippen molar-refractivity contribution in [3.63, 3.8) is 0 Å². The first-order valence-electron chi connectivity index (χ1n) is 7.40. The van der Waals surface area contributed by atoms with Gasteiger partial charge in [0.1, 0.15) is 5.82 Å². The lowest BCUT2D eigenvalue weighted by Gasteiger charge is -2.16. The van der Waals surface area contributed by atoms with Crippen molar-refractivity contribution in [2.45, 2.75) is 31.8 Å². The van der Waals surface area contributed by atoms with Gasteiger partial charge in [-0.15, -0.1) is 0 Å². The number of hydrogen-bond acceptors (Lipinski definition) is 3. The Labute approximate surface area is 123 Å². The largest absolute Gasteiger partial charge is 0.396 e. The maximum Gasteiger partial charge on any atom is 0.123 e.